The van der Waals surface area contributed by atoms with Crippen molar-refractivity contribution in [1.29, 1.82) is 0 Å². The monoisotopic (exact) mass is 612 g/mol. The first-order chi connectivity index (χ1) is 14.2. The van der Waals surface area contributed by atoms with Crippen molar-refractivity contribution in [3.63, 3.8) is 0 Å². The summed E-state index contributed by atoms with van der Waals surface area (Å²) in [6.07, 6.45) is -2.33. The molecule has 0 unspecified atom stereocenters. The molecule has 0 aromatic carbocycles. The minimum atomic E-state index is -1.17. The summed E-state index contributed by atoms with van der Waals surface area (Å²) in [5.41, 5.74) is 0. The van der Waals surface area contributed by atoms with Gasteiger partial charge in [-0.25, -0.2) is 0 Å². The fourth-order valence-electron chi connectivity index (χ4n) is 0.800. The van der Waals surface area contributed by atoms with Crippen LogP contribution in [0.1, 0.15) is 27.7 Å². The van der Waals surface area contributed by atoms with Crippen LogP contribution in [0.2, 0.25) is 0 Å². The first kappa shape index (κ1) is 59.6. The predicted molar refractivity (Wildman–Crippen MR) is 132 cm³/mol. The molecule has 15 heteroatoms. The largest absolute Gasteiger partial charge is 2.00 e. The minimum Gasteiger partial charge on any atom is -0.481 e. The van der Waals surface area contributed by atoms with E-state index in [-0.39, 0.29) is 39.0 Å². The summed E-state index contributed by atoms with van der Waals surface area (Å²) in [6.45, 7) is 9.31. The summed E-state index contributed by atoms with van der Waals surface area (Å²) in [5, 5.41) is 45.3. The van der Waals surface area contributed by atoms with Crippen LogP contribution in [0, 0.1) is 0 Å². The Labute approximate surface area is 233 Å². The van der Waals surface area contributed by atoms with Crippen LogP contribution in [-0.2, 0) is 43.1 Å². The van der Waals surface area contributed by atoms with E-state index in [9.17, 15) is 0 Å². The van der Waals surface area contributed by atoms with Crippen LogP contribution in [0.25, 0.3) is 0 Å². The van der Waals surface area contributed by atoms with Gasteiger partial charge in [0.15, 0.2) is 0 Å². The molecule has 13 nitrogen and oxygen atoms in total. The van der Waals surface area contributed by atoms with E-state index in [4.69, 9.17) is 40.2 Å². The van der Waals surface area contributed by atoms with Crippen molar-refractivity contribution < 1.29 is 79.3 Å². The first-order valence-electron chi connectivity index (χ1n) is 9.89. The average Bonchev–Trinajstić information content (AvgIpc) is 2.49. The third-order valence-electron chi connectivity index (χ3n) is 1.99. The second-order valence-electron chi connectivity index (χ2n) is 7.51. The molecule has 0 rings (SSSR count). The molecule has 0 aromatic heterocycles. The fourth-order valence-corrected chi connectivity index (χ4v) is 0.800. The van der Waals surface area contributed by atoms with Gasteiger partial charge in [0.25, 0.3) is 11.9 Å². The number of carboxylic acid groups (broad SMARTS) is 2. The Morgan fingerprint density at radius 2 is 0.600 bits per heavy atom. The van der Waals surface area contributed by atoms with Gasteiger partial charge < -0.3 is 55.7 Å². The van der Waals surface area contributed by atoms with E-state index in [1.165, 1.54) is 13.8 Å². The second-order valence-corrected chi connectivity index (χ2v) is 7.51. The maximum atomic E-state index is 9.00. The van der Waals surface area contributed by atoms with Gasteiger partial charge in [-0.1, -0.05) is 0 Å². The molecule has 0 aromatic rings. The average molecular weight is 613 g/mol. The molecule has 0 aliphatic carbocycles. The zero-order valence-corrected chi connectivity index (χ0v) is 25.5. The molecule has 8 N–H and O–H groups in total. The quantitative estimate of drug-likeness (QED) is 0.184. The van der Waals surface area contributed by atoms with Gasteiger partial charge in [-0.05, 0) is 70.2 Å². The van der Waals surface area contributed by atoms with E-state index in [1.807, 2.05) is 0 Å². The molecule has 0 bridgehead atoms. The smallest absolute Gasteiger partial charge is 0.481 e. The van der Waals surface area contributed by atoms with E-state index in [0.717, 1.165) is 40.0 Å². The number of hydrogen-bond acceptors (Lipinski definition) is 10. The number of aliphatic hydroxyl groups excluding tert-OH is 2. The van der Waals surface area contributed by atoms with Crippen LogP contribution in [0.15, 0.2) is 0 Å². The van der Waals surface area contributed by atoms with Gasteiger partial charge in [-0.3, -0.25) is 9.59 Å². The summed E-state index contributed by atoms with van der Waals surface area (Å²) >= 11 is 0. The van der Waals surface area contributed by atoms with Crippen LogP contribution >= 0.6 is 0 Å². The number of likely N-dealkylation sites (N-methyl/N-ethyl adjacent to an activating group) is 4. The molecule has 0 fully saturated rings. The van der Waals surface area contributed by atoms with Gasteiger partial charge in [0.05, 0.1) is 0 Å². The Hall–Kier alpha value is -0.407. The second kappa shape index (κ2) is 46.9. The van der Waals surface area contributed by atoms with Gasteiger partial charge in [0.1, 0.15) is 12.6 Å². The van der Waals surface area contributed by atoms with Crippen LogP contribution in [0.4, 0.5) is 0 Å². The molecule has 2 radical (unpaired) electrons. The SMILES string of the molecule is CC(=O)O.CC(=O)O.CC(O)O.CC(O)O.CN(C)CCN(C)C.CN(C)CCN(C)C.O.[Co+2].[Co+2]. The van der Waals surface area contributed by atoms with Crippen molar-refractivity contribution in [3.8, 4) is 0 Å². The normalized spacial score (nSPS) is 8.63. The molecule has 0 spiro atoms. The molecule has 0 aliphatic rings. The predicted octanol–water partition coefficient (Wildman–Crippen LogP) is -1.79. The maximum Gasteiger partial charge on any atom is 2.00 e. The molecule has 0 atom stereocenters. The summed E-state index contributed by atoms with van der Waals surface area (Å²) in [6, 6.07) is 0. The number of aliphatic hydroxyl groups is 4. The zero-order chi connectivity index (χ0) is 27.4. The number of aliphatic carboxylic acids is 2. The van der Waals surface area contributed by atoms with Gasteiger partial charge in [-0.15, -0.1) is 0 Å². The van der Waals surface area contributed by atoms with Crippen molar-refractivity contribution in [3.05, 3.63) is 0 Å². The maximum absolute atomic E-state index is 9.00. The van der Waals surface area contributed by atoms with Crippen molar-refractivity contribution >= 4 is 11.9 Å². The summed E-state index contributed by atoms with van der Waals surface area (Å²) in [5.74, 6) is -1.67. The molecule has 222 valence electrons. The zero-order valence-electron chi connectivity index (χ0n) is 23.4. The number of nitrogens with zero attached hydrogens (tertiary/aromatic N) is 4. The summed E-state index contributed by atoms with van der Waals surface area (Å²) in [4.78, 5) is 26.7. The molecular weight excluding hydrogens is 558 g/mol. The first-order valence-corrected chi connectivity index (χ1v) is 9.89. The molecule has 35 heavy (non-hydrogen) atoms. The summed E-state index contributed by atoms with van der Waals surface area (Å²) in [7, 11) is 16.7. The van der Waals surface area contributed by atoms with Gasteiger partial charge in [-0.2, -0.15) is 0 Å². The van der Waals surface area contributed by atoms with Gasteiger partial charge in [0, 0.05) is 40.0 Å². The van der Waals surface area contributed by atoms with Crippen LogP contribution < -0.4 is 0 Å². The van der Waals surface area contributed by atoms with E-state index in [0.29, 0.717) is 0 Å². The molecule has 0 aliphatic heterocycles. The van der Waals surface area contributed by atoms with Crippen molar-refractivity contribution in [1.82, 2.24) is 19.6 Å². The Morgan fingerprint density at radius 3 is 0.629 bits per heavy atom. The van der Waals surface area contributed by atoms with Crippen LogP contribution in [-0.4, -0.2) is 163 Å². The Balaban J connectivity index is -0.0000000336. The van der Waals surface area contributed by atoms with Crippen LogP contribution in [0.5, 0.6) is 0 Å². The third-order valence-corrected chi connectivity index (χ3v) is 1.99. The molecule has 0 saturated carbocycles. The third kappa shape index (κ3) is 364. The number of carboxylic acids is 2. The fraction of sp³-hybridized carbons (Fsp3) is 0.900. The van der Waals surface area contributed by atoms with E-state index in [2.05, 4.69) is 76.0 Å². The van der Waals surface area contributed by atoms with Crippen molar-refractivity contribution in [2.75, 3.05) is 82.6 Å². The van der Waals surface area contributed by atoms with Crippen molar-refractivity contribution in [2.45, 2.75) is 40.3 Å². The van der Waals surface area contributed by atoms with Crippen molar-refractivity contribution in [2.24, 2.45) is 0 Å². The Bertz CT molecular complexity index is 317. The molecule has 0 saturated heterocycles. The standard InChI is InChI=1S/2C6H16N2.2C2H6O2.2C2H4O2.2Co.H2O/c2*1-7(2)5-6-8(3)4;4*1-2(3)4;;;/h2*5-6H2,1-4H3;2*2-4H,1H3;2*1H3,(H,3,4);;;1H2/q;;;;;;2*+2;. The Kier molecular flexibility index (Phi) is 79.8. The number of rotatable bonds is 6. The topological polar surface area (TPSA) is 200 Å². The summed E-state index contributed by atoms with van der Waals surface area (Å²) < 4.78 is 0. The van der Waals surface area contributed by atoms with E-state index in [1.54, 1.807) is 0 Å². The number of hydrogen-bond donors (Lipinski definition) is 6. The number of carbonyl (C=O) groups is 2. The van der Waals surface area contributed by atoms with E-state index >= 15 is 0 Å². The molecule has 0 amide bonds. The Morgan fingerprint density at radius 1 is 0.543 bits per heavy atom. The molecule has 0 heterocycles. The van der Waals surface area contributed by atoms with Gasteiger partial charge >= 0.3 is 33.6 Å². The van der Waals surface area contributed by atoms with E-state index < -0.39 is 24.5 Å². The minimum absolute atomic E-state index is 0. The van der Waals surface area contributed by atoms with Gasteiger partial charge in [0.2, 0.25) is 0 Å². The van der Waals surface area contributed by atoms with Crippen LogP contribution in [0.3, 0.4) is 0 Å². The molecular formula is C20H54Co2N4O9+4.